The van der Waals surface area contributed by atoms with Gasteiger partial charge in [-0.15, -0.1) is 0 Å². The van der Waals surface area contributed by atoms with Crippen molar-refractivity contribution in [2.45, 2.75) is 26.8 Å². The van der Waals surface area contributed by atoms with E-state index >= 15 is 0 Å². The molecular weight excluding hydrogens is 552 g/mol. The number of carbonyl (C=O) groups excluding carboxylic acids is 2. The minimum Gasteiger partial charge on any atom is -0.493 e. The van der Waals surface area contributed by atoms with Gasteiger partial charge in [0, 0.05) is 6.92 Å². The molecule has 0 unspecified atom stereocenters. The zero-order valence-corrected chi connectivity index (χ0v) is 24.5. The van der Waals surface area contributed by atoms with Gasteiger partial charge < -0.3 is 28.4 Å². The van der Waals surface area contributed by atoms with Crippen molar-refractivity contribution >= 4 is 29.4 Å². The van der Waals surface area contributed by atoms with E-state index in [2.05, 4.69) is 4.99 Å². The molecule has 0 bridgehead atoms. The van der Waals surface area contributed by atoms with E-state index in [1.54, 1.807) is 50.3 Å². The number of methoxy groups -OCH3 is 4. The van der Waals surface area contributed by atoms with Crippen LogP contribution >= 0.6 is 11.3 Å². The van der Waals surface area contributed by atoms with Gasteiger partial charge in [0.05, 0.1) is 56.9 Å². The van der Waals surface area contributed by atoms with Gasteiger partial charge in [-0.3, -0.25) is 14.2 Å². The minimum atomic E-state index is -0.882. The number of esters is 2. The first-order valence-electron chi connectivity index (χ1n) is 12.5. The summed E-state index contributed by atoms with van der Waals surface area (Å²) in [6.07, 6.45) is 1.69. The number of carbonyl (C=O) groups is 2. The second-order valence-electron chi connectivity index (χ2n) is 8.76. The number of thiazole rings is 1. The van der Waals surface area contributed by atoms with Crippen LogP contribution < -0.4 is 38.6 Å². The third-order valence-electron chi connectivity index (χ3n) is 6.26. The van der Waals surface area contributed by atoms with Gasteiger partial charge in [-0.05, 0) is 55.3 Å². The molecule has 216 valence electrons. The molecule has 1 aliphatic heterocycles. The van der Waals surface area contributed by atoms with Gasteiger partial charge in [0.15, 0.2) is 27.8 Å². The van der Waals surface area contributed by atoms with E-state index in [1.165, 1.54) is 51.3 Å². The zero-order chi connectivity index (χ0) is 29.8. The van der Waals surface area contributed by atoms with E-state index in [4.69, 9.17) is 28.4 Å². The largest absolute Gasteiger partial charge is 0.493 e. The standard InChI is InChI=1S/C29H30N2O9S/c1-8-39-28(34)24-15(2)30-29-31(25(24)18-9-10-19(40-16(3)32)20(14-18)35-4)27(33)23(41-29)13-17-11-21(36-5)26(38-7)22(12-17)37-6/h9-14,25H,8H2,1-7H3/b23-13-/t25-/m0/s1. The maximum absolute atomic E-state index is 14.0. The molecule has 0 spiro atoms. The summed E-state index contributed by atoms with van der Waals surface area (Å²) >= 11 is 1.17. The Morgan fingerprint density at radius 3 is 2.20 bits per heavy atom. The van der Waals surface area contributed by atoms with E-state index in [1.807, 2.05) is 0 Å². The SMILES string of the molecule is CCOC(=O)C1=C(C)N=c2s/c(=C\c3cc(OC)c(OC)c(OC)c3)c(=O)n2[C@H]1c1ccc(OC(C)=O)c(OC)c1. The first-order chi connectivity index (χ1) is 19.7. The lowest BCUT2D eigenvalue weighted by Gasteiger charge is -2.25. The molecule has 4 rings (SSSR count). The monoisotopic (exact) mass is 582 g/mol. The predicted octanol–water partition coefficient (Wildman–Crippen LogP) is 2.76. The average molecular weight is 583 g/mol. The number of ether oxygens (including phenoxy) is 6. The highest BCUT2D eigenvalue weighted by molar-refractivity contribution is 7.07. The fourth-order valence-corrected chi connectivity index (χ4v) is 5.58. The van der Waals surface area contributed by atoms with Crippen LogP contribution in [0.25, 0.3) is 6.08 Å². The Labute approximate surface area is 239 Å². The molecule has 0 amide bonds. The van der Waals surface area contributed by atoms with Crippen LogP contribution in [0.2, 0.25) is 0 Å². The fourth-order valence-electron chi connectivity index (χ4n) is 4.54. The number of allylic oxidation sites excluding steroid dienone is 1. The Morgan fingerprint density at radius 2 is 1.63 bits per heavy atom. The fraction of sp³-hybridized carbons (Fsp3) is 0.310. The van der Waals surface area contributed by atoms with Crippen molar-refractivity contribution in [2.75, 3.05) is 35.0 Å². The number of aromatic nitrogens is 1. The molecule has 1 aliphatic rings. The van der Waals surface area contributed by atoms with E-state index in [0.717, 1.165) is 0 Å². The van der Waals surface area contributed by atoms with Crippen LogP contribution in [0.5, 0.6) is 28.7 Å². The molecule has 1 atom stereocenters. The molecule has 0 fully saturated rings. The van der Waals surface area contributed by atoms with Crippen molar-refractivity contribution in [2.24, 2.45) is 4.99 Å². The topological polar surface area (TPSA) is 124 Å². The second-order valence-corrected chi connectivity index (χ2v) is 9.77. The Bertz CT molecular complexity index is 1690. The van der Waals surface area contributed by atoms with Gasteiger partial charge >= 0.3 is 11.9 Å². The molecule has 0 saturated heterocycles. The number of hydrogen-bond donors (Lipinski definition) is 0. The summed E-state index contributed by atoms with van der Waals surface area (Å²) in [4.78, 5) is 43.7. The van der Waals surface area contributed by atoms with Crippen molar-refractivity contribution in [3.8, 4) is 28.7 Å². The van der Waals surface area contributed by atoms with Gasteiger partial charge in [-0.1, -0.05) is 17.4 Å². The summed E-state index contributed by atoms with van der Waals surface area (Å²) in [6.45, 7) is 4.82. The first kappa shape index (κ1) is 29.4. The molecule has 2 aromatic carbocycles. The lowest BCUT2D eigenvalue weighted by Crippen LogP contribution is -2.40. The van der Waals surface area contributed by atoms with Crippen LogP contribution in [-0.2, 0) is 14.3 Å². The van der Waals surface area contributed by atoms with Crippen molar-refractivity contribution in [1.29, 1.82) is 0 Å². The Balaban J connectivity index is 1.96. The van der Waals surface area contributed by atoms with Gasteiger partial charge in [0.2, 0.25) is 5.75 Å². The average Bonchev–Trinajstić information content (AvgIpc) is 3.25. The molecular formula is C29H30N2O9S. The van der Waals surface area contributed by atoms with Gasteiger partial charge in [-0.25, -0.2) is 9.79 Å². The van der Waals surface area contributed by atoms with Crippen LogP contribution in [-0.4, -0.2) is 51.6 Å². The van der Waals surface area contributed by atoms with Gasteiger partial charge in [-0.2, -0.15) is 0 Å². The summed E-state index contributed by atoms with van der Waals surface area (Å²) in [5.74, 6) is 0.648. The molecule has 0 aliphatic carbocycles. The Morgan fingerprint density at radius 1 is 0.976 bits per heavy atom. The third-order valence-corrected chi connectivity index (χ3v) is 7.24. The van der Waals surface area contributed by atoms with Crippen LogP contribution in [0.1, 0.15) is 37.9 Å². The van der Waals surface area contributed by atoms with Crippen molar-refractivity contribution in [3.63, 3.8) is 0 Å². The minimum absolute atomic E-state index is 0.141. The van der Waals surface area contributed by atoms with Gasteiger partial charge in [0.1, 0.15) is 0 Å². The summed E-state index contributed by atoms with van der Waals surface area (Å²) < 4.78 is 34.2. The van der Waals surface area contributed by atoms with E-state index in [9.17, 15) is 14.4 Å². The molecule has 0 radical (unpaired) electrons. The van der Waals surface area contributed by atoms with E-state index < -0.39 is 18.0 Å². The highest BCUT2D eigenvalue weighted by Gasteiger charge is 2.34. The van der Waals surface area contributed by atoms with E-state index in [-0.39, 0.29) is 29.2 Å². The number of hydrogen-bond acceptors (Lipinski definition) is 11. The smallest absolute Gasteiger partial charge is 0.338 e. The zero-order valence-electron chi connectivity index (χ0n) is 23.7. The summed E-state index contributed by atoms with van der Waals surface area (Å²) in [7, 11) is 5.96. The molecule has 2 heterocycles. The Hall–Kier alpha value is -4.58. The lowest BCUT2D eigenvalue weighted by atomic mass is 9.95. The summed E-state index contributed by atoms with van der Waals surface area (Å²) in [6, 6.07) is 7.42. The van der Waals surface area contributed by atoms with Crippen molar-refractivity contribution < 1.29 is 38.0 Å². The molecule has 0 saturated carbocycles. The summed E-state index contributed by atoms with van der Waals surface area (Å²) in [5.41, 5.74) is 1.42. The normalized spacial score (nSPS) is 14.6. The van der Waals surface area contributed by atoms with Crippen LogP contribution in [0.3, 0.4) is 0 Å². The molecule has 3 aromatic rings. The number of nitrogens with zero attached hydrogens (tertiary/aromatic N) is 2. The quantitative estimate of drug-likeness (QED) is 0.277. The van der Waals surface area contributed by atoms with E-state index in [0.29, 0.717) is 43.4 Å². The predicted molar refractivity (Wildman–Crippen MR) is 151 cm³/mol. The molecule has 1 aromatic heterocycles. The maximum Gasteiger partial charge on any atom is 0.338 e. The number of rotatable bonds is 9. The maximum atomic E-state index is 14.0. The highest BCUT2D eigenvalue weighted by atomic mass is 32.1. The molecule has 0 N–H and O–H groups in total. The van der Waals surface area contributed by atoms with Crippen molar-refractivity contribution in [3.05, 3.63) is 72.4 Å². The van der Waals surface area contributed by atoms with Crippen LogP contribution in [0.15, 0.2) is 51.4 Å². The third kappa shape index (κ3) is 5.68. The molecule has 12 heteroatoms. The molecule has 41 heavy (non-hydrogen) atoms. The first-order valence-corrected chi connectivity index (χ1v) is 13.3. The van der Waals surface area contributed by atoms with Crippen molar-refractivity contribution in [1.82, 2.24) is 4.57 Å². The lowest BCUT2D eigenvalue weighted by molar-refractivity contribution is -0.139. The highest BCUT2D eigenvalue weighted by Crippen LogP contribution is 2.39. The van der Waals surface area contributed by atoms with Crippen LogP contribution in [0, 0.1) is 0 Å². The second kappa shape index (κ2) is 12.3. The summed E-state index contributed by atoms with van der Waals surface area (Å²) in [5, 5.41) is 0. The van der Waals surface area contributed by atoms with Gasteiger partial charge in [0.25, 0.3) is 5.56 Å². The number of fused-ring (bicyclic) bond motifs is 1. The van der Waals surface area contributed by atoms with Crippen LogP contribution in [0.4, 0.5) is 0 Å². The Kier molecular flexibility index (Phi) is 8.82. The molecule has 11 nitrogen and oxygen atoms in total. The number of benzene rings is 2.